The van der Waals surface area contributed by atoms with Crippen molar-refractivity contribution in [3.63, 3.8) is 0 Å². The van der Waals surface area contributed by atoms with Gasteiger partial charge in [-0.05, 0) is 6.08 Å². The second-order valence-electron chi connectivity index (χ2n) is 0.465. The van der Waals surface area contributed by atoms with Gasteiger partial charge in [-0.3, -0.25) is 4.79 Å². The summed E-state index contributed by atoms with van der Waals surface area (Å²) in [5, 5.41) is 9.12. The van der Waals surface area contributed by atoms with E-state index in [4.69, 9.17) is 9.90 Å². The van der Waals surface area contributed by atoms with Gasteiger partial charge in [-0.1, -0.05) is 0 Å². The first-order valence-corrected chi connectivity index (χ1v) is 1.14. The van der Waals surface area contributed by atoms with Crippen molar-refractivity contribution in [2.24, 2.45) is 0 Å². The zero-order chi connectivity index (χ0) is 4.12. The average Bonchev–Trinajstić information content (AvgIpc) is 1.41. The Hall–Kier alpha value is 0.210. The largest absolute Gasteiger partial charge is 1.00 e. The van der Waals surface area contributed by atoms with Crippen molar-refractivity contribution >= 4 is 6.29 Å². The molecule has 0 bridgehead atoms. The third-order valence-corrected chi connectivity index (χ3v) is 0.157. The Morgan fingerprint density at radius 3 is 2.00 bits per heavy atom. The molecule has 0 saturated heterocycles. The first kappa shape index (κ1) is 9.51. The van der Waals surface area contributed by atoms with Gasteiger partial charge in [-0.2, -0.15) is 0 Å². The minimum Gasteiger partial charge on any atom is -0.878 e. The van der Waals surface area contributed by atoms with E-state index in [0.717, 1.165) is 6.08 Å². The van der Waals surface area contributed by atoms with Crippen LogP contribution in [0.1, 0.15) is 0 Å². The number of aldehydes is 1. The van der Waals surface area contributed by atoms with Crippen LogP contribution in [-0.2, 0) is 4.79 Å². The Kier molecular flexibility index (Phi) is 14.2. The van der Waals surface area contributed by atoms with Crippen LogP contribution in [0.3, 0.4) is 0 Å². The number of carbonyl (C=O) groups is 1. The van der Waals surface area contributed by atoms with E-state index in [1.54, 1.807) is 0 Å². The maximum Gasteiger partial charge on any atom is 1.00 e. The third kappa shape index (κ3) is 8.88. The summed E-state index contributed by atoms with van der Waals surface area (Å²) in [6.45, 7) is 0. The summed E-state index contributed by atoms with van der Waals surface area (Å²) in [6.07, 6.45) is 1.76. The molecule has 28 valence electrons. The van der Waals surface area contributed by atoms with Crippen molar-refractivity contribution in [2.75, 3.05) is 0 Å². The molecule has 0 aliphatic heterocycles. The molecule has 0 aliphatic carbocycles. The van der Waals surface area contributed by atoms with Crippen LogP contribution in [0, 0.1) is 0 Å². The van der Waals surface area contributed by atoms with Crippen molar-refractivity contribution in [3.05, 3.63) is 12.3 Å². The number of hydrogen-bond acceptors (Lipinski definition) is 2. The second-order valence-corrected chi connectivity index (χ2v) is 0.465. The van der Waals surface area contributed by atoms with Crippen molar-refractivity contribution in [2.45, 2.75) is 0 Å². The average molecular weight is 94.0 g/mol. The Balaban J connectivity index is 0. The molecule has 0 aromatic carbocycles. The smallest absolute Gasteiger partial charge is 0.878 e. The summed E-state index contributed by atoms with van der Waals surface area (Å²) >= 11 is 0. The molecule has 0 aliphatic rings. The standard InChI is InChI=1S/C3H4O2.Na/c4-2-1-3-5;/h1-4H;/q;+1/p-1/b2-1-;. The van der Waals surface area contributed by atoms with Gasteiger partial charge in [0.15, 0.2) is 0 Å². The zero-order valence-electron chi connectivity index (χ0n) is 3.55. The van der Waals surface area contributed by atoms with Crippen LogP contribution in [0.5, 0.6) is 0 Å². The van der Waals surface area contributed by atoms with Gasteiger partial charge < -0.3 is 5.11 Å². The molecule has 0 aromatic heterocycles. The van der Waals surface area contributed by atoms with Crippen LogP contribution in [0.15, 0.2) is 12.3 Å². The molecule has 0 atom stereocenters. The minimum absolute atomic E-state index is 0. The van der Waals surface area contributed by atoms with Crippen LogP contribution < -0.4 is 34.7 Å². The van der Waals surface area contributed by atoms with Crippen molar-refractivity contribution in [1.29, 1.82) is 0 Å². The fourth-order valence-electron chi connectivity index (χ4n) is 0.0321. The molecule has 0 rings (SSSR count). The van der Waals surface area contributed by atoms with Crippen LogP contribution in [0.2, 0.25) is 0 Å². The second kappa shape index (κ2) is 8.96. The predicted octanol–water partition coefficient (Wildman–Crippen LogP) is -3.94. The van der Waals surface area contributed by atoms with Gasteiger partial charge in [0.2, 0.25) is 0 Å². The van der Waals surface area contributed by atoms with Gasteiger partial charge in [-0.25, -0.2) is 0 Å². The fraction of sp³-hybridized carbons (Fsp3) is 0. The van der Waals surface area contributed by atoms with Crippen molar-refractivity contribution in [1.82, 2.24) is 0 Å². The van der Waals surface area contributed by atoms with E-state index in [0.29, 0.717) is 12.5 Å². The van der Waals surface area contributed by atoms with Gasteiger partial charge in [-0.15, -0.1) is 6.26 Å². The molecule has 0 spiro atoms. The molecule has 0 amide bonds. The number of allylic oxidation sites excluding steroid dienone is 1. The maximum absolute atomic E-state index is 9.12. The van der Waals surface area contributed by atoms with Crippen molar-refractivity contribution < 1.29 is 39.5 Å². The van der Waals surface area contributed by atoms with E-state index in [2.05, 4.69) is 0 Å². The maximum atomic E-state index is 9.12. The summed E-state index contributed by atoms with van der Waals surface area (Å²) in [7, 11) is 0. The van der Waals surface area contributed by atoms with E-state index < -0.39 is 0 Å². The normalized spacial score (nSPS) is 7.33. The molecule has 0 aromatic rings. The minimum atomic E-state index is 0. The first-order chi connectivity index (χ1) is 2.41. The topological polar surface area (TPSA) is 40.1 Å². The summed E-state index contributed by atoms with van der Waals surface area (Å²) in [4.78, 5) is 9.12. The summed E-state index contributed by atoms with van der Waals surface area (Å²) < 4.78 is 0. The van der Waals surface area contributed by atoms with E-state index in [-0.39, 0.29) is 29.6 Å². The number of carbonyl (C=O) groups excluding carboxylic acids is 1. The molecule has 0 heterocycles. The monoisotopic (exact) mass is 94.0 g/mol. The molecule has 0 radical (unpaired) electrons. The van der Waals surface area contributed by atoms with Gasteiger partial charge in [0, 0.05) is 0 Å². The van der Waals surface area contributed by atoms with Gasteiger partial charge in [0.25, 0.3) is 0 Å². The van der Waals surface area contributed by atoms with Gasteiger partial charge in [0.1, 0.15) is 6.29 Å². The van der Waals surface area contributed by atoms with Crippen LogP contribution >= 0.6 is 0 Å². The Bertz CT molecular complexity index is 50.8. The Labute approximate surface area is 58.1 Å². The number of hydrogen-bond donors (Lipinski definition) is 0. The number of rotatable bonds is 1. The van der Waals surface area contributed by atoms with E-state index in [1.807, 2.05) is 0 Å². The van der Waals surface area contributed by atoms with Gasteiger partial charge >= 0.3 is 29.6 Å². The Morgan fingerprint density at radius 1 is 1.50 bits per heavy atom. The van der Waals surface area contributed by atoms with Crippen LogP contribution in [-0.4, -0.2) is 6.29 Å². The van der Waals surface area contributed by atoms with E-state index >= 15 is 0 Å². The molecular weight excluding hydrogens is 91.0 g/mol. The van der Waals surface area contributed by atoms with Crippen LogP contribution in [0.4, 0.5) is 0 Å². The summed E-state index contributed by atoms with van der Waals surface area (Å²) in [6, 6.07) is 0. The zero-order valence-corrected chi connectivity index (χ0v) is 5.55. The predicted molar refractivity (Wildman–Crippen MR) is 15.2 cm³/mol. The third-order valence-electron chi connectivity index (χ3n) is 0.157. The van der Waals surface area contributed by atoms with Crippen molar-refractivity contribution in [3.8, 4) is 0 Å². The first-order valence-electron chi connectivity index (χ1n) is 1.14. The van der Waals surface area contributed by atoms with Gasteiger partial charge in [0.05, 0.1) is 0 Å². The SMILES string of the molecule is O=C/C=C\[O-].[Na+]. The van der Waals surface area contributed by atoms with E-state index in [1.165, 1.54) is 0 Å². The fourth-order valence-corrected chi connectivity index (χ4v) is 0.0321. The van der Waals surface area contributed by atoms with E-state index in [9.17, 15) is 0 Å². The van der Waals surface area contributed by atoms with Crippen LogP contribution in [0.25, 0.3) is 0 Å². The summed E-state index contributed by atoms with van der Waals surface area (Å²) in [5.74, 6) is 0. The molecule has 2 nitrogen and oxygen atoms in total. The molecule has 6 heavy (non-hydrogen) atoms. The Morgan fingerprint density at radius 2 is 2.00 bits per heavy atom. The molecular formula is C3H3NaO2. The molecule has 0 fully saturated rings. The molecule has 3 heteroatoms. The summed E-state index contributed by atoms with van der Waals surface area (Å²) in [5.41, 5.74) is 0. The molecule has 0 unspecified atom stereocenters. The molecule has 0 saturated carbocycles. The quantitative estimate of drug-likeness (QED) is 0.144. The molecule has 0 N–H and O–H groups in total.